The normalized spacial score (nSPS) is 6.74. The van der Waals surface area contributed by atoms with Gasteiger partial charge in [0.2, 0.25) is 0 Å². The van der Waals surface area contributed by atoms with Crippen LogP contribution in [0.1, 0.15) is 25.7 Å². The van der Waals surface area contributed by atoms with Gasteiger partial charge in [-0.15, -0.1) is 0 Å². The van der Waals surface area contributed by atoms with E-state index in [-0.39, 0.29) is 70.5 Å². The molecule has 0 saturated heterocycles. The molecule has 0 atom stereocenters. The van der Waals surface area contributed by atoms with E-state index in [0.717, 1.165) is 78.0 Å². The van der Waals surface area contributed by atoms with Crippen LogP contribution in [0.25, 0.3) is 0 Å². The number of hydrogen-bond acceptors (Lipinski definition) is 16. The summed E-state index contributed by atoms with van der Waals surface area (Å²) >= 11 is 0. The van der Waals surface area contributed by atoms with Gasteiger partial charge in [0.05, 0.1) is 23.9 Å². The van der Waals surface area contributed by atoms with Crippen molar-refractivity contribution in [2.24, 2.45) is 45.9 Å². The second-order valence-electron chi connectivity index (χ2n) is 4.87. The van der Waals surface area contributed by atoms with Crippen molar-refractivity contribution in [3.05, 3.63) is 0 Å². The summed E-state index contributed by atoms with van der Waals surface area (Å²) < 4.78 is 0. The molecule has 38 heavy (non-hydrogen) atoms. The first-order chi connectivity index (χ1) is 14.9. The standard InChI is InChI=1S/4C3H10N2.2C2H2O4.2ClH.2Cr.2H2O/c4*4-2-1-3-5;2*3-1(4)2(5)6;;;;;;/h4*1-5H2;2*(H,3,4)(H,5,6);2*1H;;;2*1H2/q;;;;;;;;2*+3;;/p-6. The van der Waals surface area contributed by atoms with Gasteiger partial charge in [-0.25, -0.2) is 0 Å². The molecule has 0 aromatic rings. The molecule has 0 aliphatic rings. The second kappa shape index (κ2) is 83.3. The Morgan fingerprint density at radius 3 is 0.447 bits per heavy atom. The monoisotopic (exact) mass is 682 g/mol. The van der Waals surface area contributed by atoms with Gasteiger partial charge < -0.3 is 121 Å². The Bertz CT molecular complexity index is 350. The van der Waals surface area contributed by atoms with E-state index in [4.69, 9.17) is 85.5 Å². The molecule has 0 aromatic carbocycles. The molecule has 0 saturated carbocycles. The Hall–Kier alpha value is -0.875. The summed E-state index contributed by atoms with van der Waals surface area (Å²) in [6, 6.07) is 0. The third-order valence-electron chi connectivity index (χ3n) is 1.97. The van der Waals surface area contributed by atoms with Crippen LogP contribution in [-0.4, -0.2) is 87.2 Å². The van der Waals surface area contributed by atoms with Gasteiger partial charge in [-0.1, -0.05) is 0 Å². The number of halogens is 2. The van der Waals surface area contributed by atoms with Crippen LogP contribution in [0.15, 0.2) is 0 Å². The van der Waals surface area contributed by atoms with Gasteiger partial charge in [-0.2, -0.15) is 0 Å². The molecule has 0 rings (SSSR count). The van der Waals surface area contributed by atoms with Crippen molar-refractivity contribution in [1.82, 2.24) is 0 Å². The second-order valence-corrected chi connectivity index (χ2v) is 4.87. The molecule has 20 N–H and O–H groups in total. The molecular weight excluding hydrogens is 639 g/mol. The number of carbonyl (C=O) groups excluding carboxylic acids is 4. The summed E-state index contributed by atoms with van der Waals surface area (Å²) in [7, 11) is 0. The summed E-state index contributed by atoms with van der Waals surface area (Å²) in [6.07, 6.45) is 3.78. The third kappa shape index (κ3) is 179. The molecule has 22 heteroatoms. The zero-order valence-corrected chi connectivity index (χ0v) is 25.0. The summed E-state index contributed by atoms with van der Waals surface area (Å²) in [5.74, 6) is -8.74. The fourth-order valence-electron chi connectivity index (χ4n) is 0.471. The van der Waals surface area contributed by atoms with Crippen LogP contribution in [0, 0.1) is 0 Å². The molecule has 0 bridgehead atoms. The molecule has 18 nitrogen and oxygen atoms in total. The predicted molar refractivity (Wildman–Crippen MR) is 118 cm³/mol. The quantitative estimate of drug-likeness (QED) is 0.110. The van der Waals surface area contributed by atoms with Crippen molar-refractivity contribution in [2.45, 2.75) is 25.7 Å². The molecular formula is C16H44Cl2Cr2N8O10. The molecule has 2 radical (unpaired) electrons. The zero-order chi connectivity index (χ0) is 26.8. The van der Waals surface area contributed by atoms with Gasteiger partial charge in [-0.05, 0) is 78.0 Å². The van der Waals surface area contributed by atoms with E-state index in [9.17, 15) is 0 Å². The average molecular weight is 683 g/mol. The topological polar surface area (TPSA) is 432 Å². The maximum Gasteiger partial charge on any atom is 3.00 e. The van der Waals surface area contributed by atoms with E-state index in [1.54, 1.807) is 0 Å². The predicted octanol–water partition coefficient (Wildman–Crippen LogP) is -17.5. The van der Waals surface area contributed by atoms with Crippen LogP contribution in [0.2, 0.25) is 0 Å². The minimum Gasteiger partial charge on any atom is -1.00 e. The summed E-state index contributed by atoms with van der Waals surface area (Å²) in [5, 5.41) is 35.7. The molecule has 234 valence electrons. The molecule has 0 aromatic heterocycles. The van der Waals surface area contributed by atoms with E-state index in [1.165, 1.54) is 0 Å². The van der Waals surface area contributed by atoms with Crippen molar-refractivity contribution in [3.63, 3.8) is 0 Å². The minimum absolute atomic E-state index is 0. The van der Waals surface area contributed by atoms with E-state index in [1.807, 2.05) is 0 Å². The van der Waals surface area contributed by atoms with E-state index in [2.05, 4.69) is 0 Å². The summed E-state index contributed by atoms with van der Waals surface area (Å²) in [4.78, 5) is 35.7. The van der Waals surface area contributed by atoms with Crippen molar-refractivity contribution >= 4 is 23.9 Å². The number of hydrogen-bond donors (Lipinski definition) is 8. The number of nitrogens with two attached hydrogens (primary N) is 8. The zero-order valence-electron chi connectivity index (χ0n) is 20.9. The van der Waals surface area contributed by atoms with Gasteiger partial charge in [0, 0.05) is 0 Å². The Balaban J connectivity index is -0.0000000207. The molecule has 0 aliphatic heterocycles. The first kappa shape index (κ1) is 76.7. The molecule has 0 fully saturated rings. The number of carboxylic acids is 4. The molecule has 0 unspecified atom stereocenters. The maximum atomic E-state index is 8.93. The molecule has 0 heterocycles. The van der Waals surface area contributed by atoms with Gasteiger partial charge >= 0.3 is 34.7 Å². The van der Waals surface area contributed by atoms with Gasteiger partial charge in [0.25, 0.3) is 0 Å². The fraction of sp³-hybridized carbons (Fsp3) is 0.750. The Morgan fingerprint density at radius 1 is 0.368 bits per heavy atom. The van der Waals surface area contributed by atoms with Crippen molar-refractivity contribution in [2.75, 3.05) is 52.4 Å². The van der Waals surface area contributed by atoms with E-state index < -0.39 is 23.9 Å². The fourth-order valence-corrected chi connectivity index (χ4v) is 0.471. The average Bonchev–Trinajstić information content (AvgIpc) is 2.72. The first-order valence-electron chi connectivity index (χ1n) is 9.40. The van der Waals surface area contributed by atoms with Crippen LogP contribution in [-0.2, 0) is 53.9 Å². The van der Waals surface area contributed by atoms with Crippen molar-refractivity contribution < 1.29 is 110 Å². The number of carbonyl (C=O) groups is 4. The van der Waals surface area contributed by atoms with Crippen molar-refractivity contribution in [3.8, 4) is 0 Å². The number of rotatable bonds is 8. The van der Waals surface area contributed by atoms with Crippen LogP contribution in [0.5, 0.6) is 0 Å². The smallest absolute Gasteiger partial charge is 1.00 e. The van der Waals surface area contributed by atoms with Crippen molar-refractivity contribution in [1.29, 1.82) is 0 Å². The summed E-state index contributed by atoms with van der Waals surface area (Å²) in [5.41, 5.74) is 40.5. The van der Waals surface area contributed by atoms with Crippen LogP contribution in [0.3, 0.4) is 0 Å². The Morgan fingerprint density at radius 2 is 0.447 bits per heavy atom. The molecule has 0 spiro atoms. The van der Waals surface area contributed by atoms with E-state index in [0.29, 0.717) is 0 Å². The SMILES string of the molecule is NCCCN.NCCCN.NCCCN.NCCCN.O.O.O=C([O-])C(=O)[O-].O=C([O-])C(=O)[O-].[Cl-].[Cl-].[Cr+3].[Cr+3]. The van der Waals surface area contributed by atoms with Gasteiger partial charge in [0.15, 0.2) is 0 Å². The largest absolute Gasteiger partial charge is 3.00 e. The van der Waals surface area contributed by atoms with E-state index >= 15 is 0 Å². The molecule has 0 aliphatic carbocycles. The first-order valence-corrected chi connectivity index (χ1v) is 9.40. The minimum atomic E-state index is -2.19. The maximum absolute atomic E-state index is 8.93. The van der Waals surface area contributed by atoms with Gasteiger partial charge in [-0.3, -0.25) is 0 Å². The summed E-state index contributed by atoms with van der Waals surface area (Å²) in [6.45, 7) is 5.75. The molecule has 0 amide bonds. The van der Waals surface area contributed by atoms with Crippen LogP contribution >= 0.6 is 0 Å². The Labute approximate surface area is 257 Å². The third-order valence-corrected chi connectivity index (χ3v) is 1.97. The number of carboxylic acid groups (broad SMARTS) is 4. The number of aliphatic carboxylic acids is 4. The Kier molecular flexibility index (Phi) is 168. The van der Waals surface area contributed by atoms with Crippen LogP contribution < -0.4 is 91.1 Å². The van der Waals surface area contributed by atoms with Gasteiger partial charge in [0.1, 0.15) is 0 Å². The van der Waals surface area contributed by atoms with Crippen LogP contribution in [0.4, 0.5) is 0 Å².